The topological polar surface area (TPSA) is 93.3 Å². The Morgan fingerprint density at radius 3 is 2.57 bits per heavy atom. The van der Waals surface area contributed by atoms with Gasteiger partial charge in [-0.1, -0.05) is 12.1 Å². The number of hydrogen-bond acceptors (Lipinski definition) is 5. The van der Waals surface area contributed by atoms with E-state index in [1.807, 2.05) is 4.90 Å². The maximum absolute atomic E-state index is 14.4. The van der Waals surface area contributed by atoms with Crippen molar-refractivity contribution < 1.29 is 14.1 Å². The number of hydrogen-bond donors (Lipinski definition) is 1. The molecule has 1 aromatic heterocycles. The number of carbonyl (C=O) groups is 1. The summed E-state index contributed by atoms with van der Waals surface area (Å²) < 4.78 is 15.8. The SMILES string of the molecule is O=C(Nc1ccc(-n2cccn2)c(F)c1)C1CCN(c2ccccc2[N+](=O)[O-])CC1. The summed E-state index contributed by atoms with van der Waals surface area (Å²) in [6, 6.07) is 12.8. The quantitative estimate of drug-likeness (QED) is 0.511. The number of para-hydroxylation sites is 2. The number of nitrogens with one attached hydrogen (secondary N) is 1. The van der Waals surface area contributed by atoms with Crippen molar-refractivity contribution in [2.75, 3.05) is 23.3 Å². The Balaban J connectivity index is 1.38. The van der Waals surface area contributed by atoms with Crippen LogP contribution in [0.15, 0.2) is 60.9 Å². The van der Waals surface area contributed by atoms with Crippen molar-refractivity contribution in [2.24, 2.45) is 5.92 Å². The highest BCUT2D eigenvalue weighted by atomic mass is 19.1. The van der Waals surface area contributed by atoms with E-state index in [0.717, 1.165) is 0 Å². The van der Waals surface area contributed by atoms with Gasteiger partial charge in [0, 0.05) is 43.2 Å². The molecular weight excluding hydrogens is 389 g/mol. The molecule has 0 atom stereocenters. The minimum Gasteiger partial charge on any atom is -0.366 e. The molecule has 30 heavy (non-hydrogen) atoms. The molecule has 0 radical (unpaired) electrons. The van der Waals surface area contributed by atoms with Gasteiger partial charge in [0.2, 0.25) is 5.91 Å². The Morgan fingerprint density at radius 2 is 1.90 bits per heavy atom. The molecule has 3 aromatic rings. The number of rotatable bonds is 5. The smallest absolute Gasteiger partial charge is 0.292 e. The van der Waals surface area contributed by atoms with Gasteiger partial charge >= 0.3 is 0 Å². The molecule has 0 bridgehead atoms. The number of anilines is 2. The summed E-state index contributed by atoms with van der Waals surface area (Å²) >= 11 is 0. The van der Waals surface area contributed by atoms with Crippen LogP contribution in [0.5, 0.6) is 0 Å². The highest BCUT2D eigenvalue weighted by Gasteiger charge is 2.28. The van der Waals surface area contributed by atoms with Crippen LogP contribution in [0, 0.1) is 21.8 Å². The molecule has 9 heteroatoms. The predicted octanol–water partition coefficient (Wildman–Crippen LogP) is 3.77. The van der Waals surface area contributed by atoms with E-state index in [2.05, 4.69) is 10.4 Å². The van der Waals surface area contributed by atoms with Gasteiger partial charge in [0.25, 0.3) is 5.69 Å². The van der Waals surface area contributed by atoms with Gasteiger partial charge in [-0.05, 0) is 43.2 Å². The van der Waals surface area contributed by atoms with Gasteiger partial charge in [-0.3, -0.25) is 14.9 Å². The van der Waals surface area contributed by atoms with Crippen molar-refractivity contribution >= 4 is 23.0 Å². The maximum Gasteiger partial charge on any atom is 0.292 e. The molecule has 1 fully saturated rings. The number of nitro groups is 1. The number of benzene rings is 2. The maximum atomic E-state index is 14.4. The van der Waals surface area contributed by atoms with Crippen LogP contribution in [0.3, 0.4) is 0 Å². The van der Waals surface area contributed by atoms with Gasteiger partial charge in [-0.2, -0.15) is 5.10 Å². The Kier molecular flexibility index (Phi) is 5.42. The summed E-state index contributed by atoms with van der Waals surface area (Å²) in [7, 11) is 0. The van der Waals surface area contributed by atoms with E-state index in [9.17, 15) is 19.3 Å². The summed E-state index contributed by atoms with van der Waals surface area (Å²) in [4.78, 5) is 25.4. The van der Waals surface area contributed by atoms with Gasteiger partial charge in [0.15, 0.2) is 5.82 Å². The molecule has 154 valence electrons. The monoisotopic (exact) mass is 409 g/mol. The molecule has 4 rings (SSSR count). The summed E-state index contributed by atoms with van der Waals surface area (Å²) in [5.41, 5.74) is 1.32. The second kappa shape index (κ2) is 8.32. The number of nitro benzene ring substituents is 1. The van der Waals surface area contributed by atoms with Crippen molar-refractivity contribution in [1.82, 2.24) is 9.78 Å². The van der Waals surface area contributed by atoms with E-state index in [1.165, 1.54) is 16.8 Å². The molecule has 2 heterocycles. The van der Waals surface area contributed by atoms with Crippen LogP contribution < -0.4 is 10.2 Å². The van der Waals surface area contributed by atoms with Crippen molar-refractivity contribution in [2.45, 2.75) is 12.8 Å². The lowest BCUT2D eigenvalue weighted by Crippen LogP contribution is -2.38. The van der Waals surface area contributed by atoms with Crippen molar-refractivity contribution in [1.29, 1.82) is 0 Å². The van der Waals surface area contributed by atoms with Gasteiger partial charge in [0.05, 0.1) is 4.92 Å². The second-order valence-corrected chi connectivity index (χ2v) is 7.11. The molecule has 8 nitrogen and oxygen atoms in total. The fourth-order valence-corrected chi connectivity index (χ4v) is 3.69. The highest BCUT2D eigenvalue weighted by Crippen LogP contribution is 2.31. The molecule has 1 saturated heterocycles. The number of halogens is 1. The van der Waals surface area contributed by atoms with E-state index in [1.54, 1.807) is 48.8 Å². The largest absolute Gasteiger partial charge is 0.366 e. The zero-order valence-electron chi connectivity index (χ0n) is 16.1. The van der Waals surface area contributed by atoms with Crippen molar-refractivity contribution in [3.8, 4) is 5.69 Å². The summed E-state index contributed by atoms with van der Waals surface area (Å²) in [6.07, 6.45) is 4.32. The summed E-state index contributed by atoms with van der Waals surface area (Å²) in [5, 5.41) is 18.0. The first-order valence-electron chi connectivity index (χ1n) is 9.62. The molecule has 0 spiro atoms. The second-order valence-electron chi connectivity index (χ2n) is 7.11. The van der Waals surface area contributed by atoms with E-state index < -0.39 is 10.7 Å². The van der Waals surface area contributed by atoms with Crippen LogP contribution in [-0.4, -0.2) is 33.7 Å². The molecule has 0 saturated carbocycles. The average molecular weight is 409 g/mol. The lowest BCUT2D eigenvalue weighted by atomic mass is 9.95. The van der Waals surface area contributed by atoms with E-state index >= 15 is 0 Å². The third-order valence-electron chi connectivity index (χ3n) is 5.25. The standard InChI is InChI=1S/C21H20FN5O3/c22-17-14-16(6-7-18(17)26-11-3-10-23-26)24-21(28)15-8-12-25(13-9-15)19-4-1-2-5-20(19)27(29)30/h1-7,10-11,14-15H,8-9,12-13H2,(H,24,28). The number of aromatic nitrogens is 2. The third kappa shape index (κ3) is 4.00. The van der Waals surface area contributed by atoms with Crippen LogP contribution >= 0.6 is 0 Å². The molecular formula is C21H20FN5O3. The lowest BCUT2D eigenvalue weighted by molar-refractivity contribution is -0.384. The highest BCUT2D eigenvalue weighted by molar-refractivity contribution is 5.92. The first-order valence-corrected chi connectivity index (χ1v) is 9.62. The molecule has 0 unspecified atom stereocenters. The van der Waals surface area contributed by atoms with Crippen LogP contribution in [0.1, 0.15) is 12.8 Å². The molecule has 2 aromatic carbocycles. The van der Waals surface area contributed by atoms with Crippen LogP contribution in [0.25, 0.3) is 5.69 Å². The van der Waals surface area contributed by atoms with E-state index in [4.69, 9.17) is 0 Å². The predicted molar refractivity (Wildman–Crippen MR) is 110 cm³/mol. The first-order chi connectivity index (χ1) is 14.5. The van der Waals surface area contributed by atoms with Gasteiger partial charge in [-0.15, -0.1) is 0 Å². The molecule has 0 aliphatic carbocycles. The van der Waals surface area contributed by atoms with Crippen molar-refractivity contribution in [3.63, 3.8) is 0 Å². The Labute approximate surface area is 172 Å². The zero-order chi connectivity index (χ0) is 21.1. The van der Waals surface area contributed by atoms with E-state index in [0.29, 0.717) is 43.0 Å². The normalized spacial score (nSPS) is 14.5. The summed E-state index contributed by atoms with van der Waals surface area (Å²) in [6.45, 7) is 1.07. The number of carbonyl (C=O) groups excluding carboxylic acids is 1. The molecule has 1 amide bonds. The zero-order valence-corrected chi connectivity index (χ0v) is 16.1. The van der Waals surface area contributed by atoms with Gasteiger partial charge in [-0.25, -0.2) is 9.07 Å². The number of piperidine rings is 1. The molecule has 1 aliphatic heterocycles. The molecule has 1 N–H and O–H groups in total. The molecule has 1 aliphatic rings. The Morgan fingerprint density at radius 1 is 1.13 bits per heavy atom. The minimum atomic E-state index is -0.484. The lowest BCUT2D eigenvalue weighted by Gasteiger charge is -2.32. The fraction of sp³-hybridized carbons (Fsp3) is 0.238. The first kappa shape index (κ1) is 19.6. The van der Waals surface area contributed by atoms with Crippen LogP contribution in [0.2, 0.25) is 0 Å². The fourth-order valence-electron chi connectivity index (χ4n) is 3.69. The Bertz CT molecular complexity index is 1060. The van der Waals surface area contributed by atoms with Crippen molar-refractivity contribution in [3.05, 3.63) is 76.9 Å². The average Bonchev–Trinajstić information content (AvgIpc) is 3.28. The Hall–Kier alpha value is -3.75. The van der Waals surface area contributed by atoms with Crippen LogP contribution in [0.4, 0.5) is 21.5 Å². The van der Waals surface area contributed by atoms with Gasteiger partial charge < -0.3 is 10.2 Å². The van der Waals surface area contributed by atoms with Crippen LogP contribution in [-0.2, 0) is 4.79 Å². The number of nitrogens with zero attached hydrogens (tertiary/aromatic N) is 4. The third-order valence-corrected chi connectivity index (χ3v) is 5.25. The summed E-state index contributed by atoms with van der Waals surface area (Å²) in [5.74, 6) is -0.899. The number of amides is 1. The minimum absolute atomic E-state index is 0.0631. The van der Waals surface area contributed by atoms with Gasteiger partial charge in [0.1, 0.15) is 11.4 Å². The van der Waals surface area contributed by atoms with E-state index in [-0.39, 0.29) is 17.5 Å².